The van der Waals surface area contributed by atoms with E-state index in [2.05, 4.69) is 47.9 Å². The highest BCUT2D eigenvalue weighted by Gasteiger charge is 2.44. The Balaban J connectivity index is 1.43. The average Bonchev–Trinajstić information content (AvgIpc) is 3.63. The summed E-state index contributed by atoms with van der Waals surface area (Å²) in [6, 6.07) is 10.8. The molecule has 0 spiro atoms. The molecule has 164 valence electrons. The van der Waals surface area contributed by atoms with E-state index in [1.54, 1.807) is 0 Å². The van der Waals surface area contributed by atoms with E-state index in [9.17, 15) is 9.59 Å². The smallest absolute Gasteiger partial charge is 0.226 e. The summed E-state index contributed by atoms with van der Waals surface area (Å²) in [5.74, 6) is 1.20. The van der Waals surface area contributed by atoms with E-state index in [4.69, 9.17) is 0 Å². The van der Waals surface area contributed by atoms with E-state index in [0.29, 0.717) is 17.9 Å². The minimum absolute atomic E-state index is 0.190. The van der Waals surface area contributed by atoms with Gasteiger partial charge in [0.15, 0.2) is 0 Å². The molecule has 4 rings (SSSR count). The molecular formula is C25H37N3O2. The van der Waals surface area contributed by atoms with Crippen molar-refractivity contribution in [3.8, 4) is 0 Å². The Labute approximate surface area is 181 Å². The van der Waals surface area contributed by atoms with Crippen LogP contribution >= 0.6 is 0 Å². The molecule has 5 nitrogen and oxygen atoms in total. The minimum atomic E-state index is 0.190. The summed E-state index contributed by atoms with van der Waals surface area (Å²) in [7, 11) is 0. The molecule has 1 aromatic rings. The predicted octanol–water partition coefficient (Wildman–Crippen LogP) is 3.54. The van der Waals surface area contributed by atoms with Gasteiger partial charge >= 0.3 is 0 Å². The van der Waals surface area contributed by atoms with Gasteiger partial charge in [0.25, 0.3) is 0 Å². The molecule has 2 amide bonds. The van der Waals surface area contributed by atoms with E-state index in [1.165, 1.54) is 5.56 Å². The highest BCUT2D eigenvalue weighted by Crippen LogP contribution is 2.39. The number of nitrogens with zero attached hydrogens (tertiary/aromatic N) is 3. The largest absolute Gasteiger partial charge is 0.345 e. The summed E-state index contributed by atoms with van der Waals surface area (Å²) in [5.41, 5.74) is 1.42. The SMILES string of the molecule is CC(C)C1(N2CCC(N(Cc3ccccc3)C(=O)C3CC3)CC2)CCN(C=O)CC1. The van der Waals surface area contributed by atoms with Gasteiger partial charge < -0.3 is 9.80 Å². The molecule has 5 heteroatoms. The molecule has 1 aromatic carbocycles. The Morgan fingerprint density at radius 3 is 2.23 bits per heavy atom. The Morgan fingerprint density at radius 1 is 1.07 bits per heavy atom. The summed E-state index contributed by atoms with van der Waals surface area (Å²) in [6.45, 7) is 9.23. The van der Waals surface area contributed by atoms with E-state index < -0.39 is 0 Å². The summed E-state index contributed by atoms with van der Waals surface area (Å²) in [4.78, 5) is 31.1. The van der Waals surface area contributed by atoms with Crippen molar-refractivity contribution >= 4 is 12.3 Å². The van der Waals surface area contributed by atoms with Crippen LogP contribution in [0.15, 0.2) is 30.3 Å². The lowest BCUT2D eigenvalue weighted by molar-refractivity contribution is -0.137. The molecular weight excluding hydrogens is 374 g/mol. The van der Waals surface area contributed by atoms with Gasteiger partial charge in [0.05, 0.1) is 0 Å². The third-order valence-corrected chi connectivity index (χ3v) is 7.83. The second-order valence-electron chi connectivity index (χ2n) is 9.84. The van der Waals surface area contributed by atoms with Crippen molar-refractivity contribution in [1.29, 1.82) is 0 Å². The first-order chi connectivity index (χ1) is 14.5. The first kappa shape index (κ1) is 21.4. The molecule has 2 aliphatic heterocycles. The van der Waals surface area contributed by atoms with E-state index in [-0.39, 0.29) is 11.5 Å². The predicted molar refractivity (Wildman–Crippen MR) is 119 cm³/mol. The summed E-state index contributed by atoms with van der Waals surface area (Å²) in [6.07, 6.45) is 7.35. The first-order valence-corrected chi connectivity index (χ1v) is 11.8. The number of hydrogen-bond acceptors (Lipinski definition) is 3. The topological polar surface area (TPSA) is 43.9 Å². The second-order valence-corrected chi connectivity index (χ2v) is 9.84. The van der Waals surface area contributed by atoms with Crippen LogP contribution in [0.4, 0.5) is 0 Å². The minimum Gasteiger partial charge on any atom is -0.345 e. The molecule has 0 aromatic heterocycles. The molecule has 3 fully saturated rings. The number of hydrogen-bond donors (Lipinski definition) is 0. The van der Waals surface area contributed by atoms with Crippen LogP contribution in [-0.2, 0) is 16.1 Å². The van der Waals surface area contributed by atoms with Crippen molar-refractivity contribution < 1.29 is 9.59 Å². The quantitative estimate of drug-likeness (QED) is 0.645. The Kier molecular flexibility index (Phi) is 6.47. The molecule has 1 aliphatic carbocycles. The van der Waals surface area contributed by atoms with Gasteiger partial charge in [0.2, 0.25) is 12.3 Å². The van der Waals surface area contributed by atoms with Crippen molar-refractivity contribution in [2.45, 2.75) is 70.5 Å². The van der Waals surface area contributed by atoms with Crippen LogP contribution in [0, 0.1) is 11.8 Å². The number of carbonyl (C=O) groups is 2. The normalized spacial score (nSPS) is 22.8. The van der Waals surface area contributed by atoms with Gasteiger partial charge in [-0.25, -0.2) is 0 Å². The molecule has 0 unspecified atom stereocenters. The van der Waals surface area contributed by atoms with Crippen LogP contribution in [0.2, 0.25) is 0 Å². The van der Waals surface area contributed by atoms with Gasteiger partial charge in [-0.3, -0.25) is 14.5 Å². The standard InChI is InChI=1S/C25H37N3O2/c1-20(2)25(12-16-26(19-29)17-13-25)27-14-10-23(11-15-27)28(24(30)22-8-9-22)18-21-6-4-3-5-7-21/h3-7,19-20,22-23H,8-18H2,1-2H3. The Hall–Kier alpha value is -1.88. The average molecular weight is 412 g/mol. The first-order valence-electron chi connectivity index (χ1n) is 11.8. The fourth-order valence-corrected chi connectivity index (χ4v) is 5.63. The molecule has 0 bridgehead atoms. The van der Waals surface area contributed by atoms with Gasteiger partial charge in [-0.05, 0) is 50.0 Å². The highest BCUT2D eigenvalue weighted by molar-refractivity contribution is 5.81. The maximum Gasteiger partial charge on any atom is 0.226 e. The van der Waals surface area contributed by atoms with Crippen molar-refractivity contribution in [2.75, 3.05) is 26.2 Å². The van der Waals surface area contributed by atoms with Crippen LogP contribution in [0.5, 0.6) is 0 Å². The zero-order chi connectivity index (χ0) is 21.1. The molecule has 3 aliphatic rings. The fraction of sp³-hybridized carbons (Fsp3) is 0.680. The van der Waals surface area contributed by atoms with Crippen molar-refractivity contribution in [1.82, 2.24) is 14.7 Å². The summed E-state index contributed by atoms with van der Waals surface area (Å²) >= 11 is 0. The van der Waals surface area contributed by atoms with Gasteiger partial charge in [0, 0.05) is 50.2 Å². The van der Waals surface area contributed by atoms with Crippen molar-refractivity contribution in [3.05, 3.63) is 35.9 Å². The van der Waals surface area contributed by atoms with Gasteiger partial charge in [-0.2, -0.15) is 0 Å². The van der Waals surface area contributed by atoms with Crippen LogP contribution in [0.3, 0.4) is 0 Å². The van der Waals surface area contributed by atoms with Crippen molar-refractivity contribution in [3.63, 3.8) is 0 Å². The maximum atomic E-state index is 13.1. The van der Waals surface area contributed by atoms with Crippen LogP contribution < -0.4 is 0 Å². The highest BCUT2D eigenvalue weighted by atomic mass is 16.2. The molecule has 2 saturated heterocycles. The molecule has 0 radical (unpaired) electrons. The maximum absolute atomic E-state index is 13.1. The zero-order valence-corrected chi connectivity index (χ0v) is 18.6. The number of carbonyl (C=O) groups excluding carboxylic acids is 2. The van der Waals surface area contributed by atoms with Crippen molar-refractivity contribution in [2.24, 2.45) is 11.8 Å². The van der Waals surface area contributed by atoms with E-state index >= 15 is 0 Å². The van der Waals surface area contributed by atoms with Gasteiger partial charge in [-0.15, -0.1) is 0 Å². The lowest BCUT2D eigenvalue weighted by Crippen LogP contribution is -2.61. The number of likely N-dealkylation sites (tertiary alicyclic amines) is 2. The third kappa shape index (κ3) is 4.41. The van der Waals surface area contributed by atoms with E-state index in [0.717, 1.165) is 77.7 Å². The van der Waals surface area contributed by atoms with Gasteiger partial charge in [0.1, 0.15) is 0 Å². The fourth-order valence-electron chi connectivity index (χ4n) is 5.63. The third-order valence-electron chi connectivity index (χ3n) is 7.83. The summed E-state index contributed by atoms with van der Waals surface area (Å²) in [5, 5.41) is 0. The van der Waals surface area contributed by atoms with Crippen LogP contribution in [0.25, 0.3) is 0 Å². The number of benzene rings is 1. The van der Waals surface area contributed by atoms with Crippen LogP contribution in [-0.4, -0.2) is 64.8 Å². The lowest BCUT2D eigenvalue weighted by Gasteiger charge is -2.54. The van der Waals surface area contributed by atoms with E-state index in [1.807, 2.05) is 11.0 Å². The Bertz CT molecular complexity index is 715. The molecule has 0 atom stereocenters. The second kappa shape index (κ2) is 9.09. The number of amides is 2. The van der Waals surface area contributed by atoms with Gasteiger partial charge in [-0.1, -0.05) is 44.2 Å². The summed E-state index contributed by atoms with van der Waals surface area (Å²) < 4.78 is 0. The molecule has 2 heterocycles. The number of rotatable bonds is 7. The van der Waals surface area contributed by atoms with Crippen LogP contribution in [0.1, 0.15) is 57.9 Å². The molecule has 1 saturated carbocycles. The molecule has 0 N–H and O–H groups in total. The lowest BCUT2D eigenvalue weighted by atomic mass is 9.75. The Morgan fingerprint density at radius 2 is 1.70 bits per heavy atom. The number of piperidine rings is 2. The zero-order valence-electron chi connectivity index (χ0n) is 18.6. The monoisotopic (exact) mass is 411 g/mol. The molecule has 30 heavy (non-hydrogen) atoms.